The molecule has 22 heavy (non-hydrogen) atoms. The second-order valence-corrected chi connectivity index (χ2v) is 6.53. The van der Waals surface area contributed by atoms with Crippen molar-refractivity contribution in [2.75, 3.05) is 5.75 Å². The molecule has 0 radical (unpaired) electrons. The Kier molecular flexibility index (Phi) is 4.50. The van der Waals surface area contributed by atoms with Crippen molar-refractivity contribution in [2.45, 2.75) is 19.0 Å². The molecule has 0 atom stereocenters. The topological polar surface area (TPSA) is 30.7 Å². The van der Waals surface area contributed by atoms with Crippen LogP contribution in [0.15, 0.2) is 53.7 Å². The van der Waals surface area contributed by atoms with Crippen LogP contribution < -0.4 is 0 Å². The van der Waals surface area contributed by atoms with Gasteiger partial charge in [0.2, 0.25) is 0 Å². The summed E-state index contributed by atoms with van der Waals surface area (Å²) in [7, 11) is 0. The molecular weight excluding hydrogens is 314 g/mol. The minimum Gasteiger partial charge on any atom is -0.270 e. The number of hydrogen-bond acceptors (Lipinski definition) is 3. The fraction of sp³-hybridized carbons (Fsp3) is 0.176. The summed E-state index contributed by atoms with van der Waals surface area (Å²) in [4.78, 5) is 0. The Labute approximate surface area is 139 Å². The van der Waals surface area contributed by atoms with Crippen molar-refractivity contribution in [3.05, 3.63) is 59.1 Å². The summed E-state index contributed by atoms with van der Waals surface area (Å²) in [5.74, 6) is 1.71. The molecule has 0 saturated carbocycles. The van der Waals surface area contributed by atoms with Crippen LogP contribution in [0, 0.1) is 6.92 Å². The average Bonchev–Trinajstić information content (AvgIpc) is 2.92. The summed E-state index contributed by atoms with van der Waals surface area (Å²) in [6.07, 6.45) is 0. The maximum absolute atomic E-state index is 6.34. The predicted octanol–water partition coefficient (Wildman–Crippen LogP) is 5.01. The molecule has 3 rings (SSSR count). The van der Waals surface area contributed by atoms with Gasteiger partial charge in [0.1, 0.15) is 0 Å². The van der Waals surface area contributed by atoms with Gasteiger partial charge in [-0.15, -0.1) is 10.2 Å². The van der Waals surface area contributed by atoms with Gasteiger partial charge in [-0.25, -0.2) is 0 Å². The van der Waals surface area contributed by atoms with Crippen molar-refractivity contribution in [1.29, 1.82) is 0 Å². The van der Waals surface area contributed by atoms with Gasteiger partial charge in [0.05, 0.1) is 5.02 Å². The van der Waals surface area contributed by atoms with Crippen LogP contribution in [0.5, 0.6) is 0 Å². The lowest BCUT2D eigenvalue weighted by atomic mass is 10.2. The number of thioether (sulfide) groups is 1. The van der Waals surface area contributed by atoms with E-state index in [1.165, 1.54) is 5.56 Å². The highest BCUT2D eigenvalue weighted by Gasteiger charge is 2.17. The van der Waals surface area contributed by atoms with E-state index in [0.29, 0.717) is 5.02 Å². The van der Waals surface area contributed by atoms with Crippen molar-refractivity contribution in [3.8, 4) is 17.1 Å². The van der Waals surface area contributed by atoms with Crippen molar-refractivity contribution >= 4 is 23.4 Å². The van der Waals surface area contributed by atoms with Crippen LogP contribution in [0.2, 0.25) is 5.02 Å². The van der Waals surface area contributed by atoms with Gasteiger partial charge in [-0.1, -0.05) is 60.1 Å². The van der Waals surface area contributed by atoms with Crippen LogP contribution in [-0.4, -0.2) is 20.5 Å². The van der Waals surface area contributed by atoms with E-state index in [1.54, 1.807) is 11.8 Å². The fourth-order valence-electron chi connectivity index (χ4n) is 2.24. The number of halogens is 1. The van der Waals surface area contributed by atoms with Gasteiger partial charge in [0.25, 0.3) is 0 Å². The number of aryl methyl sites for hydroxylation is 1. The van der Waals surface area contributed by atoms with E-state index in [-0.39, 0.29) is 0 Å². The molecule has 0 saturated heterocycles. The van der Waals surface area contributed by atoms with Gasteiger partial charge in [0, 0.05) is 11.3 Å². The maximum atomic E-state index is 6.34. The van der Waals surface area contributed by atoms with Gasteiger partial charge >= 0.3 is 0 Å². The van der Waals surface area contributed by atoms with Crippen LogP contribution in [0.3, 0.4) is 0 Å². The first-order valence-electron chi connectivity index (χ1n) is 7.11. The molecule has 112 valence electrons. The zero-order chi connectivity index (χ0) is 15.5. The van der Waals surface area contributed by atoms with Crippen molar-refractivity contribution in [1.82, 2.24) is 14.8 Å². The van der Waals surface area contributed by atoms with E-state index in [4.69, 9.17) is 11.6 Å². The van der Waals surface area contributed by atoms with Gasteiger partial charge in [-0.05, 0) is 36.9 Å². The number of rotatable bonds is 4. The van der Waals surface area contributed by atoms with E-state index in [9.17, 15) is 0 Å². The van der Waals surface area contributed by atoms with Crippen LogP contribution in [0.1, 0.15) is 12.5 Å². The molecule has 0 bridgehead atoms. The van der Waals surface area contributed by atoms with E-state index in [2.05, 4.69) is 52.9 Å². The monoisotopic (exact) mass is 329 g/mol. The number of benzene rings is 2. The molecule has 3 aromatic rings. The van der Waals surface area contributed by atoms with Crippen LogP contribution >= 0.6 is 23.4 Å². The lowest BCUT2D eigenvalue weighted by Crippen LogP contribution is -2.00. The molecular formula is C17H16ClN3S. The first kappa shape index (κ1) is 15.1. The molecule has 0 amide bonds. The third-order valence-corrected chi connectivity index (χ3v) is 4.45. The normalized spacial score (nSPS) is 10.9. The SMILES string of the molecule is CCSc1nnc(-c2ccccc2Cl)n1-c1ccc(C)cc1. The first-order valence-corrected chi connectivity index (χ1v) is 8.47. The summed E-state index contributed by atoms with van der Waals surface area (Å²) >= 11 is 8.01. The van der Waals surface area contributed by atoms with Crippen molar-refractivity contribution < 1.29 is 0 Å². The highest BCUT2D eigenvalue weighted by Crippen LogP contribution is 2.31. The lowest BCUT2D eigenvalue weighted by Gasteiger charge is -2.11. The zero-order valence-corrected chi connectivity index (χ0v) is 14.0. The van der Waals surface area contributed by atoms with E-state index in [1.807, 2.05) is 24.3 Å². The van der Waals surface area contributed by atoms with Crippen molar-refractivity contribution in [2.24, 2.45) is 0 Å². The smallest absolute Gasteiger partial charge is 0.196 e. The molecule has 0 fully saturated rings. The number of aromatic nitrogens is 3. The average molecular weight is 330 g/mol. The van der Waals surface area contributed by atoms with Crippen LogP contribution in [-0.2, 0) is 0 Å². The Morgan fingerprint density at radius 2 is 1.77 bits per heavy atom. The van der Waals surface area contributed by atoms with E-state index < -0.39 is 0 Å². The summed E-state index contributed by atoms with van der Waals surface area (Å²) in [6, 6.07) is 16.1. The Morgan fingerprint density at radius 1 is 1.05 bits per heavy atom. The largest absolute Gasteiger partial charge is 0.270 e. The standard InChI is InChI=1S/C17H16ClN3S/c1-3-22-17-20-19-16(14-6-4-5-7-15(14)18)21(17)13-10-8-12(2)9-11-13/h4-11H,3H2,1-2H3. The van der Waals surface area contributed by atoms with Gasteiger partial charge in [-0.2, -0.15) is 0 Å². The van der Waals surface area contributed by atoms with E-state index in [0.717, 1.165) is 28.0 Å². The Morgan fingerprint density at radius 3 is 2.45 bits per heavy atom. The second kappa shape index (κ2) is 6.55. The van der Waals surface area contributed by atoms with Crippen LogP contribution in [0.25, 0.3) is 17.1 Å². The predicted molar refractivity (Wildman–Crippen MR) is 92.9 cm³/mol. The third-order valence-electron chi connectivity index (χ3n) is 3.31. The molecule has 0 spiro atoms. The van der Waals surface area contributed by atoms with Gasteiger partial charge in [0.15, 0.2) is 11.0 Å². The van der Waals surface area contributed by atoms with Crippen molar-refractivity contribution in [3.63, 3.8) is 0 Å². The Bertz CT molecular complexity index is 781. The quantitative estimate of drug-likeness (QED) is 0.630. The Balaban J connectivity index is 2.19. The van der Waals surface area contributed by atoms with Gasteiger partial charge < -0.3 is 0 Å². The summed E-state index contributed by atoms with van der Waals surface area (Å²) in [6.45, 7) is 4.18. The fourth-order valence-corrected chi connectivity index (χ4v) is 3.13. The molecule has 0 unspecified atom stereocenters. The molecule has 3 nitrogen and oxygen atoms in total. The Hall–Kier alpha value is -1.78. The molecule has 0 N–H and O–H groups in total. The summed E-state index contributed by atoms with van der Waals surface area (Å²) in [5, 5.41) is 10.3. The first-order chi connectivity index (χ1) is 10.7. The summed E-state index contributed by atoms with van der Waals surface area (Å²) < 4.78 is 2.06. The third kappa shape index (κ3) is 2.89. The zero-order valence-electron chi connectivity index (χ0n) is 12.5. The molecule has 1 aromatic heterocycles. The molecule has 5 heteroatoms. The number of nitrogens with zero attached hydrogens (tertiary/aromatic N) is 3. The van der Waals surface area contributed by atoms with Crippen LogP contribution in [0.4, 0.5) is 0 Å². The molecule has 0 aliphatic rings. The van der Waals surface area contributed by atoms with Gasteiger partial charge in [-0.3, -0.25) is 4.57 Å². The minimum absolute atomic E-state index is 0.677. The molecule has 1 heterocycles. The second-order valence-electron chi connectivity index (χ2n) is 4.89. The molecule has 2 aromatic carbocycles. The molecule has 0 aliphatic heterocycles. The maximum Gasteiger partial charge on any atom is 0.196 e. The minimum atomic E-state index is 0.677. The van der Waals surface area contributed by atoms with E-state index >= 15 is 0 Å². The summed E-state index contributed by atoms with van der Waals surface area (Å²) in [5.41, 5.74) is 3.16. The highest BCUT2D eigenvalue weighted by atomic mass is 35.5. The highest BCUT2D eigenvalue weighted by molar-refractivity contribution is 7.99. The molecule has 0 aliphatic carbocycles. The lowest BCUT2D eigenvalue weighted by molar-refractivity contribution is 0.886. The number of hydrogen-bond donors (Lipinski definition) is 0.